The summed E-state index contributed by atoms with van der Waals surface area (Å²) in [5, 5.41) is 4.13. The van der Waals surface area contributed by atoms with Crippen molar-refractivity contribution < 1.29 is 9.59 Å². The standard InChI is InChI=1S/C14H12N4O2S/c15-10(19)6-17-13(20)12-11(16)8-5-7-3-1-2-4-9(7)18-14(8)21-12/h1-5H,6,16H2,(H2,15,19)(H,17,20). The lowest BCUT2D eigenvalue weighted by Crippen LogP contribution is -2.33. The quantitative estimate of drug-likeness (QED) is 0.675. The molecule has 0 aliphatic heterocycles. The first-order valence-corrected chi connectivity index (χ1v) is 7.02. The summed E-state index contributed by atoms with van der Waals surface area (Å²) >= 11 is 1.20. The van der Waals surface area contributed by atoms with Crippen molar-refractivity contribution in [3.63, 3.8) is 0 Å². The van der Waals surface area contributed by atoms with Crippen LogP contribution in [0.1, 0.15) is 9.67 Å². The second kappa shape index (κ2) is 5.02. The van der Waals surface area contributed by atoms with Crippen LogP contribution in [-0.4, -0.2) is 23.3 Å². The molecule has 2 aromatic heterocycles. The van der Waals surface area contributed by atoms with E-state index in [4.69, 9.17) is 11.5 Å². The van der Waals surface area contributed by atoms with Gasteiger partial charge < -0.3 is 16.8 Å². The highest BCUT2D eigenvalue weighted by atomic mass is 32.1. The van der Waals surface area contributed by atoms with Gasteiger partial charge in [0.25, 0.3) is 5.91 Å². The number of nitrogen functional groups attached to an aromatic ring is 1. The first-order chi connectivity index (χ1) is 10.1. The van der Waals surface area contributed by atoms with Gasteiger partial charge in [-0.3, -0.25) is 9.59 Å². The van der Waals surface area contributed by atoms with Gasteiger partial charge in [0.2, 0.25) is 5.91 Å². The number of primary amides is 1. The number of carbonyl (C=O) groups excluding carboxylic acids is 2. The maximum Gasteiger partial charge on any atom is 0.264 e. The number of hydrogen-bond donors (Lipinski definition) is 3. The normalized spacial score (nSPS) is 10.9. The van der Waals surface area contributed by atoms with E-state index in [9.17, 15) is 9.59 Å². The van der Waals surface area contributed by atoms with Gasteiger partial charge in [-0.05, 0) is 12.1 Å². The number of nitrogens with zero attached hydrogens (tertiary/aromatic N) is 1. The molecule has 7 heteroatoms. The third-order valence-corrected chi connectivity index (χ3v) is 4.17. The van der Waals surface area contributed by atoms with E-state index >= 15 is 0 Å². The lowest BCUT2D eigenvalue weighted by Gasteiger charge is -2.01. The van der Waals surface area contributed by atoms with Crippen LogP contribution in [0, 0.1) is 0 Å². The van der Waals surface area contributed by atoms with E-state index in [0.29, 0.717) is 15.4 Å². The molecule has 0 fully saturated rings. The number of fused-ring (bicyclic) bond motifs is 2. The van der Waals surface area contributed by atoms with Gasteiger partial charge in [-0.2, -0.15) is 0 Å². The van der Waals surface area contributed by atoms with E-state index in [1.54, 1.807) is 0 Å². The minimum atomic E-state index is -0.605. The maximum atomic E-state index is 12.0. The fraction of sp³-hybridized carbons (Fsp3) is 0.0714. The Morgan fingerprint density at radius 3 is 2.81 bits per heavy atom. The summed E-state index contributed by atoms with van der Waals surface area (Å²) in [6.07, 6.45) is 0. The number of aromatic nitrogens is 1. The lowest BCUT2D eigenvalue weighted by molar-refractivity contribution is -0.117. The Bertz CT molecular complexity index is 872. The van der Waals surface area contributed by atoms with Gasteiger partial charge in [0.15, 0.2) is 0 Å². The summed E-state index contributed by atoms with van der Waals surface area (Å²) in [6, 6.07) is 9.56. The number of amides is 2. The molecule has 3 rings (SSSR count). The Kier molecular flexibility index (Phi) is 3.19. The maximum absolute atomic E-state index is 12.0. The van der Waals surface area contributed by atoms with E-state index in [1.165, 1.54) is 11.3 Å². The van der Waals surface area contributed by atoms with Gasteiger partial charge in [-0.15, -0.1) is 11.3 Å². The summed E-state index contributed by atoms with van der Waals surface area (Å²) in [5.74, 6) is -1.02. The first kappa shape index (κ1) is 13.3. The number of thiophene rings is 1. The van der Waals surface area contributed by atoms with Crippen LogP contribution in [-0.2, 0) is 4.79 Å². The SMILES string of the molecule is NC(=O)CNC(=O)c1sc2nc3ccccc3cc2c1N. The number of nitrogens with two attached hydrogens (primary N) is 2. The summed E-state index contributed by atoms with van der Waals surface area (Å²) < 4.78 is 0. The fourth-order valence-electron chi connectivity index (χ4n) is 2.06. The molecule has 0 unspecified atom stereocenters. The molecule has 106 valence electrons. The van der Waals surface area contributed by atoms with Crippen molar-refractivity contribution in [3.8, 4) is 0 Å². The highest BCUT2D eigenvalue weighted by Crippen LogP contribution is 2.34. The van der Waals surface area contributed by atoms with E-state index < -0.39 is 11.8 Å². The molecule has 5 N–H and O–H groups in total. The molecule has 6 nitrogen and oxygen atoms in total. The number of carbonyl (C=O) groups is 2. The molecule has 0 aliphatic carbocycles. The molecule has 0 radical (unpaired) electrons. The largest absolute Gasteiger partial charge is 0.397 e. The summed E-state index contributed by atoms with van der Waals surface area (Å²) in [5.41, 5.74) is 12.2. The fourth-order valence-corrected chi connectivity index (χ4v) is 3.06. The van der Waals surface area contributed by atoms with Gasteiger partial charge in [-0.25, -0.2) is 4.98 Å². The molecule has 2 heterocycles. The Morgan fingerprint density at radius 1 is 1.29 bits per heavy atom. The zero-order valence-corrected chi connectivity index (χ0v) is 11.7. The highest BCUT2D eigenvalue weighted by Gasteiger charge is 2.17. The molecular weight excluding hydrogens is 288 g/mol. The second-order valence-electron chi connectivity index (χ2n) is 4.53. The summed E-state index contributed by atoms with van der Waals surface area (Å²) in [7, 11) is 0. The minimum Gasteiger partial charge on any atom is -0.397 e. The van der Waals surface area contributed by atoms with Gasteiger partial charge in [0.05, 0.1) is 17.7 Å². The van der Waals surface area contributed by atoms with Crippen LogP contribution in [0.5, 0.6) is 0 Å². The average Bonchev–Trinajstić information content (AvgIpc) is 2.79. The molecule has 0 aliphatic rings. The molecule has 0 saturated heterocycles. The highest BCUT2D eigenvalue weighted by molar-refractivity contribution is 7.21. The number of para-hydroxylation sites is 1. The van der Waals surface area contributed by atoms with Gasteiger partial charge in [-0.1, -0.05) is 18.2 Å². The van der Waals surface area contributed by atoms with Crippen molar-refractivity contribution in [1.82, 2.24) is 10.3 Å². The van der Waals surface area contributed by atoms with Crippen LogP contribution in [0.3, 0.4) is 0 Å². The zero-order chi connectivity index (χ0) is 15.0. The molecule has 0 saturated carbocycles. The smallest absolute Gasteiger partial charge is 0.264 e. The van der Waals surface area contributed by atoms with Crippen molar-refractivity contribution in [2.24, 2.45) is 5.73 Å². The van der Waals surface area contributed by atoms with Gasteiger partial charge in [0.1, 0.15) is 9.71 Å². The van der Waals surface area contributed by atoms with Crippen molar-refractivity contribution in [2.45, 2.75) is 0 Å². The van der Waals surface area contributed by atoms with Crippen LogP contribution in [0.4, 0.5) is 5.69 Å². The molecule has 0 spiro atoms. The summed E-state index contributed by atoms with van der Waals surface area (Å²) in [4.78, 5) is 28.3. The van der Waals surface area contributed by atoms with Crippen LogP contribution in [0.2, 0.25) is 0 Å². The van der Waals surface area contributed by atoms with Gasteiger partial charge >= 0.3 is 0 Å². The lowest BCUT2D eigenvalue weighted by atomic mass is 10.1. The number of hydrogen-bond acceptors (Lipinski definition) is 5. The minimum absolute atomic E-state index is 0.220. The zero-order valence-electron chi connectivity index (χ0n) is 10.9. The molecule has 0 bridgehead atoms. The Hall–Kier alpha value is -2.67. The number of pyridine rings is 1. The van der Waals surface area contributed by atoms with Crippen molar-refractivity contribution >= 4 is 50.0 Å². The second-order valence-corrected chi connectivity index (χ2v) is 5.53. The van der Waals surface area contributed by atoms with E-state index in [2.05, 4.69) is 10.3 Å². The molecular formula is C14H12N4O2S. The Labute approximate surface area is 123 Å². The predicted molar refractivity (Wildman–Crippen MR) is 83.1 cm³/mol. The topological polar surface area (TPSA) is 111 Å². The van der Waals surface area contributed by atoms with Crippen LogP contribution < -0.4 is 16.8 Å². The monoisotopic (exact) mass is 300 g/mol. The van der Waals surface area contributed by atoms with Crippen LogP contribution in [0.15, 0.2) is 30.3 Å². The third kappa shape index (κ3) is 2.38. The van der Waals surface area contributed by atoms with E-state index in [0.717, 1.165) is 16.3 Å². The van der Waals surface area contributed by atoms with Crippen LogP contribution in [0.25, 0.3) is 21.1 Å². The molecule has 3 aromatic rings. The molecule has 2 amide bonds. The average molecular weight is 300 g/mol. The third-order valence-electron chi connectivity index (χ3n) is 3.05. The first-order valence-electron chi connectivity index (χ1n) is 6.20. The predicted octanol–water partition coefficient (Wildman–Crippen LogP) is 1.25. The molecule has 21 heavy (non-hydrogen) atoms. The molecule has 1 aromatic carbocycles. The molecule has 0 atom stereocenters. The summed E-state index contributed by atoms with van der Waals surface area (Å²) in [6.45, 7) is -0.220. The number of anilines is 1. The van der Waals surface area contributed by atoms with E-state index in [1.807, 2.05) is 30.3 Å². The van der Waals surface area contributed by atoms with Gasteiger partial charge in [0, 0.05) is 10.8 Å². The Morgan fingerprint density at radius 2 is 2.05 bits per heavy atom. The number of benzene rings is 1. The number of nitrogens with one attached hydrogen (secondary N) is 1. The van der Waals surface area contributed by atoms with Crippen molar-refractivity contribution in [3.05, 3.63) is 35.2 Å². The van der Waals surface area contributed by atoms with E-state index in [-0.39, 0.29) is 6.54 Å². The number of rotatable bonds is 3. The van der Waals surface area contributed by atoms with Crippen molar-refractivity contribution in [1.29, 1.82) is 0 Å². The van der Waals surface area contributed by atoms with Crippen LogP contribution >= 0.6 is 11.3 Å². The van der Waals surface area contributed by atoms with Crippen molar-refractivity contribution in [2.75, 3.05) is 12.3 Å². The Balaban J connectivity index is 2.08.